The molecule has 0 fully saturated rings. The molecule has 0 aromatic heterocycles. The number of rotatable bonds is 6. The van der Waals surface area contributed by atoms with Crippen LogP contribution < -0.4 is 0 Å². The number of halogens is 1. The summed E-state index contributed by atoms with van der Waals surface area (Å²) in [5.74, 6) is -0.219. The van der Waals surface area contributed by atoms with Gasteiger partial charge in [0, 0.05) is 51.4 Å². The summed E-state index contributed by atoms with van der Waals surface area (Å²) in [7, 11) is -3.87. The van der Waals surface area contributed by atoms with E-state index in [9.17, 15) is 12.9 Å². The van der Waals surface area contributed by atoms with Crippen molar-refractivity contribution >= 4 is 61.5 Å². The fraction of sp³-hybridized carbons (Fsp3) is 1.00. The first-order valence-electron chi connectivity index (χ1n) is 3.65. The average molecular weight is 223 g/mol. The van der Waals surface area contributed by atoms with Gasteiger partial charge in [0.15, 0.2) is 0 Å². The van der Waals surface area contributed by atoms with E-state index in [0.29, 0.717) is 6.42 Å². The van der Waals surface area contributed by atoms with E-state index in [1.54, 1.807) is 0 Å². The predicted octanol–water partition coefficient (Wildman–Crippen LogP) is 1.42. The van der Waals surface area contributed by atoms with E-state index in [4.69, 9.17) is 0 Å². The van der Waals surface area contributed by atoms with Crippen LogP contribution in [0.4, 0.5) is 4.53 Å². The Kier molecular flexibility index (Phi) is 12.0. The summed E-state index contributed by atoms with van der Waals surface area (Å²) in [5, 5.41) is 0. The van der Waals surface area contributed by atoms with Gasteiger partial charge in [0.25, 0.3) is 10.1 Å². The maximum atomic E-state index is 11.2. The smallest absolute Gasteiger partial charge is 0.197 e. The number of hydrogen-bond donors (Lipinski definition) is 0. The Labute approximate surface area is 116 Å². The van der Waals surface area contributed by atoms with Gasteiger partial charge in [-0.3, -0.25) is 0 Å². The van der Waals surface area contributed by atoms with Crippen molar-refractivity contribution in [3.63, 3.8) is 0 Å². The van der Waals surface area contributed by atoms with Crippen molar-refractivity contribution in [3.05, 3.63) is 0 Å². The van der Waals surface area contributed by atoms with Crippen LogP contribution in [-0.2, 0) is 14.5 Å². The summed E-state index contributed by atoms with van der Waals surface area (Å²) < 4.78 is 34.7. The maximum absolute atomic E-state index is 11.2. The third-order valence-corrected chi connectivity index (χ3v) is 2.32. The van der Waals surface area contributed by atoms with E-state index < -0.39 is 10.1 Å². The van der Waals surface area contributed by atoms with Gasteiger partial charge in [0.1, 0.15) is 0 Å². The molecular formula is C6H13FKO3S. The second kappa shape index (κ2) is 9.05. The maximum Gasteiger partial charge on any atom is 0.297 e. The predicted molar refractivity (Wildman–Crippen MR) is 45.9 cm³/mol. The molecule has 69 valence electrons. The first kappa shape index (κ1) is 15.9. The van der Waals surface area contributed by atoms with Crippen molar-refractivity contribution in [2.24, 2.45) is 0 Å². The summed E-state index contributed by atoms with van der Waals surface area (Å²) in [4.78, 5) is 0. The first-order valence-corrected chi connectivity index (χ1v) is 5.23. The standard InChI is InChI=1S/C6H13FO3S.K/c1-2-3-4-5-6-11(8,9)10-7;/h2-6H2,1H3;. The van der Waals surface area contributed by atoms with Crippen molar-refractivity contribution in [1.82, 2.24) is 0 Å². The molecule has 0 rings (SSSR count). The van der Waals surface area contributed by atoms with Crippen molar-refractivity contribution in [1.29, 1.82) is 0 Å². The van der Waals surface area contributed by atoms with Crippen LogP contribution in [-0.4, -0.2) is 65.6 Å². The Balaban J connectivity index is 0. The van der Waals surface area contributed by atoms with Gasteiger partial charge in [-0.05, 0) is 10.9 Å². The van der Waals surface area contributed by atoms with Crippen molar-refractivity contribution in [2.75, 3.05) is 5.75 Å². The summed E-state index contributed by atoms with van der Waals surface area (Å²) >= 11 is 0. The Morgan fingerprint density at radius 1 is 1.25 bits per heavy atom. The first-order chi connectivity index (χ1) is 5.12. The molecule has 0 aliphatic carbocycles. The Morgan fingerprint density at radius 2 is 1.83 bits per heavy atom. The second-order valence-corrected chi connectivity index (χ2v) is 4.04. The number of unbranched alkanes of at least 4 members (excludes halogenated alkanes) is 3. The minimum Gasteiger partial charge on any atom is -0.197 e. The van der Waals surface area contributed by atoms with Crippen LogP contribution in [0.5, 0.6) is 0 Å². The van der Waals surface area contributed by atoms with Gasteiger partial charge in [-0.15, -0.1) is 0 Å². The molecule has 0 aromatic rings. The van der Waals surface area contributed by atoms with E-state index in [1.807, 2.05) is 6.92 Å². The molecule has 0 bridgehead atoms. The van der Waals surface area contributed by atoms with Gasteiger partial charge < -0.3 is 0 Å². The molecule has 0 atom stereocenters. The van der Waals surface area contributed by atoms with Gasteiger partial charge >= 0.3 is 0 Å². The summed E-state index contributed by atoms with van der Waals surface area (Å²) in [6.07, 6.45) is 3.28. The van der Waals surface area contributed by atoms with Crippen LogP contribution in [0.15, 0.2) is 0 Å². The van der Waals surface area contributed by atoms with Crippen LogP contribution >= 0.6 is 0 Å². The van der Waals surface area contributed by atoms with E-state index in [2.05, 4.69) is 4.39 Å². The normalized spacial score (nSPS) is 10.8. The quantitative estimate of drug-likeness (QED) is 0.505. The molecule has 0 saturated carbocycles. The molecule has 0 aliphatic rings. The third kappa shape index (κ3) is 9.56. The molecule has 0 spiro atoms. The van der Waals surface area contributed by atoms with E-state index in [1.165, 1.54) is 0 Å². The number of hydrogen-bond acceptors (Lipinski definition) is 3. The van der Waals surface area contributed by atoms with E-state index in [0.717, 1.165) is 19.3 Å². The van der Waals surface area contributed by atoms with E-state index in [-0.39, 0.29) is 57.1 Å². The molecule has 0 unspecified atom stereocenters. The van der Waals surface area contributed by atoms with Gasteiger partial charge in [-0.25, -0.2) is 0 Å². The minimum atomic E-state index is -3.87. The molecule has 12 heavy (non-hydrogen) atoms. The topological polar surface area (TPSA) is 43.4 Å². The van der Waals surface area contributed by atoms with Gasteiger partial charge in [-0.1, -0.05) is 30.6 Å². The van der Waals surface area contributed by atoms with Crippen LogP contribution in [0.25, 0.3) is 0 Å². The zero-order chi connectivity index (χ0) is 8.74. The summed E-state index contributed by atoms with van der Waals surface area (Å²) in [6.45, 7) is 2.01. The molecule has 0 saturated heterocycles. The molecule has 0 N–H and O–H groups in total. The molecule has 3 nitrogen and oxygen atoms in total. The monoisotopic (exact) mass is 223 g/mol. The average Bonchev–Trinajstić information content (AvgIpc) is 1.99. The van der Waals surface area contributed by atoms with Gasteiger partial charge in [0.05, 0.1) is 5.75 Å². The zero-order valence-electron chi connectivity index (χ0n) is 7.55. The Bertz CT molecular complexity index is 181. The zero-order valence-corrected chi connectivity index (χ0v) is 11.5. The molecular weight excluding hydrogens is 210 g/mol. The second-order valence-electron chi connectivity index (χ2n) is 2.39. The van der Waals surface area contributed by atoms with Crippen molar-refractivity contribution < 1.29 is 17.3 Å². The van der Waals surface area contributed by atoms with Crippen LogP contribution in [0, 0.1) is 0 Å². The van der Waals surface area contributed by atoms with Crippen molar-refractivity contribution in [3.8, 4) is 0 Å². The Morgan fingerprint density at radius 3 is 2.25 bits per heavy atom. The molecule has 1 radical (unpaired) electrons. The van der Waals surface area contributed by atoms with Gasteiger partial charge in [0.2, 0.25) is 0 Å². The van der Waals surface area contributed by atoms with Crippen LogP contribution in [0.3, 0.4) is 0 Å². The Hall–Kier alpha value is 1.48. The van der Waals surface area contributed by atoms with Crippen LogP contribution in [0.1, 0.15) is 32.6 Å². The molecule has 0 heterocycles. The van der Waals surface area contributed by atoms with Crippen LogP contribution in [0.2, 0.25) is 0 Å². The molecule has 0 aromatic carbocycles. The molecule has 0 aliphatic heterocycles. The molecule has 6 heteroatoms. The fourth-order valence-corrected chi connectivity index (χ4v) is 1.36. The third-order valence-electron chi connectivity index (χ3n) is 1.34. The van der Waals surface area contributed by atoms with E-state index >= 15 is 0 Å². The molecule has 0 amide bonds. The summed E-state index contributed by atoms with van der Waals surface area (Å²) in [6, 6.07) is 0. The summed E-state index contributed by atoms with van der Waals surface area (Å²) in [5.41, 5.74) is 0. The minimum absolute atomic E-state index is 0. The SMILES string of the molecule is CCCCCCS(=O)(=O)OF.[K]. The van der Waals surface area contributed by atoms with Gasteiger partial charge in [-0.2, -0.15) is 8.42 Å². The largest absolute Gasteiger partial charge is 0.297 e. The van der Waals surface area contributed by atoms with Crippen molar-refractivity contribution in [2.45, 2.75) is 32.6 Å². The fourth-order valence-electron chi connectivity index (χ4n) is 0.737.